The molecular formula is C59H65BFN3. The van der Waals surface area contributed by atoms with E-state index in [-0.39, 0.29) is 45.1 Å². The quantitative estimate of drug-likeness (QED) is 0.164. The number of benzene rings is 6. The SMILES string of the molecule is CC(C)(C)c1cc(N2c3cc(N4c5ccc(C(C)(C)C)cc5C5(C)CCCCC45C)cc4c3B3c5c(cccc5C(C)(C)c5cccc2c53)N4c2ccc(F)cc2)cc(C(C)(C)C)c1. The number of halogens is 1. The maximum Gasteiger partial charge on any atom is 0.252 e. The maximum absolute atomic E-state index is 15.0. The summed E-state index contributed by atoms with van der Waals surface area (Å²) >= 11 is 0. The van der Waals surface area contributed by atoms with Gasteiger partial charge in [0.25, 0.3) is 6.71 Å². The van der Waals surface area contributed by atoms with Crippen LogP contribution in [0.4, 0.5) is 49.9 Å². The number of hydrogen-bond donors (Lipinski definition) is 0. The van der Waals surface area contributed by atoms with E-state index in [1.54, 1.807) is 12.1 Å². The van der Waals surface area contributed by atoms with Crippen LogP contribution in [-0.2, 0) is 27.1 Å². The first kappa shape index (κ1) is 41.4. The Hall–Kier alpha value is -5.29. The predicted molar refractivity (Wildman–Crippen MR) is 271 cm³/mol. The van der Waals surface area contributed by atoms with Gasteiger partial charge in [0.1, 0.15) is 5.82 Å². The largest absolute Gasteiger partial charge is 0.334 e. The van der Waals surface area contributed by atoms with Crippen LogP contribution in [0.1, 0.15) is 149 Å². The molecule has 1 fully saturated rings. The standard InChI is InChI=1S/C59H65BFN3/c1-54(2,3)36-22-27-46-45(33-36)58(12)28-14-15-29-59(58,13)64(46)42-34-49-53-50(35-42)63(41-31-37(55(4,5)6)30-38(32-41)56(7,8)9)48-21-17-19-44-52(48)60(53)51-43(57(44,10)11)18-16-20-47(51)62(49)40-25-23-39(61)24-26-40/h16-27,30-35H,14-15,28-29H2,1-13H3. The van der Waals surface area contributed by atoms with Crippen molar-refractivity contribution in [2.75, 3.05) is 14.7 Å². The Kier molecular flexibility index (Phi) is 8.53. The Labute approximate surface area is 382 Å². The van der Waals surface area contributed by atoms with Crippen LogP contribution in [0.3, 0.4) is 0 Å². The van der Waals surface area contributed by atoms with E-state index in [1.165, 1.54) is 102 Å². The van der Waals surface area contributed by atoms with E-state index in [1.807, 2.05) is 12.1 Å². The van der Waals surface area contributed by atoms with Gasteiger partial charge in [0.15, 0.2) is 0 Å². The van der Waals surface area contributed by atoms with Crippen molar-refractivity contribution >= 4 is 68.6 Å². The van der Waals surface area contributed by atoms with Crippen molar-refractivity contribution in [3.05, 3.63) is 148 Å². The highest BCUT2D eigenvalue weighted by atomic mass is 19.1. The predicted octanol–water partition coefficient (Wildman–Crippen LogP) is 14.2. The van der Waals surface area contributed by atoms with Crippen molar-refractivity contribution in [3.63, 3.8) is 0 Å². The van der Waals surface area contributed by atoms with E-state index >= 15 is 0 Å². The molecule has 0 amide bonds. The van der Waals surface area contributed by atoms with Gasteiger partial charge in [-0.25, -0.2) is 4.39 Å². The van der Waals surface area contributed by atoms with E-state index in [9.17, 15) is 4.39 Å². The summed E-state index contributed by atoms with van der Waals surface area (Å²) in [4.78, 5) is 7.88. The molecule has 11 rings (SSSR count). The Morgan fingerprint density at radius 3 is 1.55 bits per heavy atom. The molecule has 2 unspecified atom stereocenters. The van der Waals surface area contributed by atoms with Crippen LogP contribution >= 0.6 is 0 Å². The van der Waals surface area contributed by atoms with E-state index in [2.05, 4.69) is 190 Å². The topological polar surface area (TPSA) is 9.72 Å². The molecule has 5 aliphatic rings. The lowest BCUT2D eigenvalue weighted by atomic mass is 9.28. The fraction of sp³-hybridized carbons (Fsp3) is 0.390. The summed E-state index contributed by atoms with van der Waals surface area (Å²) in [6.45, 7) is 31.0. The van der Waals surface area contributed by atoms with E-state index in [0.717, 1.165) is 18.5 Å². The van der Waals surface area contributed by atoms with Crippen LogP contribution in [0.2, 0.25) is 0 Å². The van der Waals surface area contributed by atoms with Crippen LogP contribution in [0.25, 0.3) is 0 Å². The zero-order valence-corrected chi connectivity index (χ0v) is 40.5. The summed E-state index contributed by atoms with van der Waals surface area (Å²) in [5.41, 5.74) is 21.4. The fourth-order valence-corrected chi connectivity index (χ4v) is 12.8. The molecule has 0 N–H and O–H groups in total. The van der Waals surface area contributed by atoms with Gasteiger partial charge < -0.3 is 14.7 Å². The van der Waals surface area contributed by atoms with Gasteiger partial charge in [-0.3, -0.25) is 0 Å². The van der Waals surface area contributed by atoms with Crippen molar-refractivity contribution in [2.45, 2.75) is 148 Å². The van der Waals surface area contributed by atoms with Crippen molar-refractivity contribution in [1.29, 1.82) is 0 Å². The van der Waals surface area contributed by atoms with Crippen molar-refractivity contribution in [2.24, 2.45) is 0 Å². The fourth-order valence-electron chi connectivity index (χ4n) is 12.8. The van der Waals surface area contributed by atoms with Crippen molar-refractivity contribution < 1.29 is 4.39 Å². The van der Waals surface area contributed by atoms with E-state index in [4.69, 9.17) is 0 Å². The minimum absolute atomic E-state index is 0.0287. The molecule has 64 heavy (non-hydrogen) atoms. The zero-order chi connectivity index (χ0) is 45.3. The third-order valence-corrected chi connectivity index (χ3v) is 16.7. The molecule has 0 bridgehead atoms. The lowest BCUT2D eigenvalue weighted by Crippen LogP contribution is -2.67. The molecule has 1 aliphatic carbocycles. The summed E-state index contributed by atoms with van der Waals surface area (Å²) < 4.78 is 15.0. The second kappa shape index (κ2) is 13.2. The first-order valence-corrected chi connectivity index (χ1v) is 24.0. The summed E-state index contributed by atoms with van der Waals surface area (Å²) in [6, 6.07) is 41.1. The highest BCUT2D eigenvalue weighted by Gasteiger charge is 2.59. The lowest BCUT2D eigenvalue weighted by Gasteiger charge is -2.52. The number of fused-ring (bicyclic) bond motifs is 3. The summed E-state index contributed by atoms with van der Waals surface area (Å²) in [7, 11) is 0. The third kappa shape index (κ3) is 5.57. The smallest absolute Gasteiger partial charge is 0.252 e. The van der Waals surface area contributed by atoms with Gasteiger partial charge in [0, 0.05) is 56.3 Å². The van der Waals surface area contributed by atoms with Gasteiger partial charge in [-0.05, 0) is 153 Å². The molecule has 326 valence electrons. The van der Waals surface area contributed by atoms with Gasteiger partial charge in [-0.15, -0.1) is 0 Å². The first-order chi connectivity index (χ1) is 30.0. The summed E-state index contributed by atoms with van der Waals surface area (Å²) in [5.74, 6) is -0.225. The molecular weight excluding hydrogens is 780 g/mol. The molecule has 3 nitrogen and oxygen atoms in total. The van der Waals surface area contributed by atoms with Gasteiger partial charge in [0.2, 0.25) is 0 Å². The molecule has 6 aromatic rings. The summed E-state index contributed by atoms with van der Waals surface area (Å²) in [6.07, 6.45) is 4.70. The highest BCUT2D eigenvalue weighted by Crippen LogP contribution is 2.62. The third-order valence-electron chi connectivity index (χ3n) is 16.7. The van der Waals surface area contributed by atoms with Crippen molar-refractivity contribution in [1.82, 2.24) is 0 Å². The second-order valence-corrected chi connectivity index (χ2v) is 24.0. The first-order valence-electron chi connectivity index (χ1n) is 24.0. The molecule has 5 heteroatoms. The summed E-state index contributed by atoms with van der Waals surface area (Å²) in [5, 5.41) is 0. The van der Waals surface area contributed by atoms with E-state index in [0.29, 0.717) is 0 Å². The van der Waals surface area contributed by atoms with Crippen molar-refractivity contribution in [3.8, 4) is 0 Å². The van der Waals surface area contributed by atoms with Crippen LogP contribution < -0.4 is 31.1 Å². The van der Waals surface area contributed by atoms with Gasteiger partial charge in [-0.1, -0.05) is 138 Å². The van der Waals surface area contributed by atoms with Gasteiger partial charge in [-0.2, -0.15) is 0 Å². The highest BCUT2D eigenvalue weighted by molar-refractivity contribution is 7.01. The van der Waals surface area contributed by atoms with Crippen LogP contribution in [0, 0.1) is 5.82 Å². The number of anilines is 8. The molecule has 2 atom stereocenters. The Balaban J connectivity index is 1.29. The molecule has 0 saturated heterocycles. The number of rotatable bonds is 3. The van der Waals surface area contributed by atoms with Crippen LogP contribution in [0.5, 0.6) is 0 Å². The van der Waals surface area contributed by atoms with E-state index < -0.39 is 0 Å². The molecule has 6 aromatic carbocycles. The molecule has 4 aliphatic heterocycles. The maximum atomic E-state index is 15.0. The minimum Gasteiger partial charge on any atom is -0.334 e. The molecule has 0 radical (unpaired) electrons. The Morgan fingerprint density at radius 2 is 1.00 bits per heavy atom. The average molecular weight is 846 g/mol. The molecule has 0 spiro atoms. The molecule has 1 saturated carbocycles. The normalized spacial score (nSPS) is 21.5. The lowest BCUT2D eigenvalue weighted by molar-refractivity contribution is 0.195. The number of hydrogen-bond acceptors (Lipinski definition) is 3. The van der Waals surface area contributed by atoms with Gasteiger partial charge in [0.05, 0.1) is 5.54 Å². The zero-order valence-electron chi connectivity index (χ0n) is 40.5. The van der Waals surface area contributed by atoms with Crippen LogP contribution in [-0.4, -0.2) is 12.3 Å². The average Bonchev–Trinajstić information content (AvgIpc) is 3.44. The van der Waals surface area contributed by atoms with Crippen LogP contribution in [0.15, 0.2) is 109 Å². The Morgan fingerprint density at radius 1 is 0.469 bits per heavy atom. The Bertz CT molecular complexity index is 2910. The number of nitrogens with zero attached hydrogens (tertiary/aromatic N) is 3. The monoisotopic (exact) mass is 846 g/mol. The molecule has 0 aromatic heterocycles. The van der Waals surface area contributed by atoms with Gasteiger partial charge >= 0.3 is 0 Å². The molecule has 4 heterocycles. The second-order valence-electron chi connectivity index (χ2n) is 24.0. The minimum atomic E-state index is -0.253.